The number of hydrogen-bond acceptors (Lipinski definition) is 0. The van der Waals surface area contributed by atoms with Crippen LogP contribution in [0.25, 0.3) is 0 Å². The molecular formula is C11H19F3. The zero-order chi connectivity index (χ0) is 10.8. The van der Waals surface area contributed by atoms with Crippen molar-refractivity contribution >= 4 is 0 Å². The molecule has 0 N–H and O–H groups in total. The lowest BCUT2D eigenvalue weighted by Crippen LogP contribution is -2.42. The van der Waals surface area contributed by atoms with E-state index in [-0.39, 0.29) is 5.92 Å². The summed E-state index contributed by atoms with van der Waals surface area (Å²) in [6, 6.07) is 0. The second-order valence-electron chi connectivity index (χ2n) is 4.72. The van der Waals surface area contributed by atoms with Crippen LogP contribution in [0.4, 0.5) is 13.2 Å². The molecule has 0 saturated heterocycles. The molecular weight excluding hydrogens is 189 g/mol. The van der Waals surface area contributed by atoms with E-state index < -0.39 is 11.6 Å². The standard InChI is InChI=1S/C11H19F3/c1-9(2)10(11(12,13)14)7-5-3-4-6-8-10/h9H,3-8H2,1-2H3. The Morgan fingerprint density at radius 3 is 1.64 bits per heavy atom. The van der Waals surface area contributed by atoms with E-state index >= 15 is 0 Å². The van der Waals surface area contributed by atoms with Crippen LogP contribution in [0.1, 0.15) is 52.4 Å². The second kappa shape index (κ2) is 4.11. The summed E-state index contributed by atoms with van der Waals surface area (Å²) in [6.45, 7) is 3.41. The Hall–Kier alpha value is -0.210. The van der Waals surface area contributed by atoms with Gasteiger partial charge in [-0.15, -0.1) is 0 Å². The van der Waals surface area contributed by atoms with Crippen molar-refractivity contribution < 1.29 is 13.2 Å². The summed E-state index contributed by atoms with van der Waals surface area (Å²) in [5, 5.41) is 0. The Morgan fingerprint density at radius 1 is 0.929 bits per heavy atom. The van der Waals surface area contributed by atoms with Crippen LogP contribution in [0.3, 0.4) is 0 Å². The maximum absolute atomic E-state index is 13.0. The molecule has 1 fully saturated rings. The molecule has 84 valence electrons. The molecule has 1 saturated carbocycles. The van der Waals surface area contributed by atoms with Crippen LogP contribution in [0, 0.1) is 11.3 Å². The molecule has 0 heterocycles. The normalized spacial score (nSPS) is 23.6. The van der Waals surface area contributed by atoms with Crippen molar-refractivity contribution in [1.82, 2.24) is 0 Å². The lowest BCUT2D eigenvalue weighted by Gasteiger charge is -2.38. The summed E-state index contributed by atoms with van der Waals surface area (Å²) in [5.41, 5.74) is -1.40. The summed E-state index contributed by atoms with van der Waals surface area (Å²) in [4.78, 5) is 0. The molecule has 1 aliphatic rings. The molecule has 0 aliphatic heterocycles. The van der Waals surface area contributed by atoms with Gasteiger partial charge >= 0.3 is 6.18 Å². The minimum atomic E-state index is -4.02. The Labute approximate surface area is 83.9 Å². The first-order valence-corrected chi connectivity index (χ1v) is 5.47. The minimum Gasteiger partial charge on any atom is -0.170 e. The molecule has 0 aromatic heterocycles. The number of halogens is 3. The van der Waals surface area contributed by atoms with Crippen molar-refractivity contribution in [3.8, 4) is 0 Å². The fourth-order valence-electron chi connectivity index (χ4n) is 2.55. The van der Waals surface area contributed by atoms with Gasteiger partial charge in [-0.3, -0.25) is 0 Å². The maximum atomic E-state index is 13.0. The van der Waals surface area contributed by atoms with Crippen LogP contribution in [-0.4, -0.2) is 6.18 Å². The van der Waals surface area contributed by atoms with E-state index in [0.29, 0.717) is 12.8 Å². The van der Waals surface area contributed by atoms with Gasteiger partial charge in [0.05, 0.1) is 5.41 Å². The van der Waals surface area contributed by atoms with Gasteiger partial charge < -0.3 is 0 Å². The first kappa shape index (κ1) is 11.9. The van der Waals surface area contributed by atoms with Gasteiger partial charge in [-0.05, 0) is 18.8 Å². The smallest absolute Gasteiger partial charge is 0.170 e. The monoisotopic (exact) mass is 208 g/mol. The van der Waals surface area contributed by atoms with E-state index in [0.717, 1.165) is 25.7 Å². The quantitative estimate of drug-likeness (QED) is 0.555. The van der Waals surface area contributed by atoms with Crippen molar-refractivity contribution in [2.24, 2.45) is 11.3 Å². The molecule has 0 unspecified atom stereocenters. The van der Waals surface area contributed by atoms with Gasteiger partial charge in [-0.25, -0.2) is 0 Å². The van der Waals surface area contributed by atoms with Gasteiger partial charge in [-0.1, -0.05) is 39.5 Å². The van der Waals surface area contributed by atoms with Crippen molar-refractivity contribution in [3.05, 3.63) is 0 Å². The van der Waals surface area contributed by atoms with Crippen LogP contribution in [0.15, 0.2) is 0 Å². The van der Waals surface area contributed by atoms with E-state index in [9.17, 15) is 13.2 Å². The van der Waals surface area contributed by atoms with Gasteiger partial charge in [0, 0.05) is 0 Å². The van der Waals surface area contributed by atoms with Crippen molar-refractivity contribution in [1.29, 1.82) is 0 Å². The average Bonchev–Trinajstić information content (AvgIpc) is 2.26. The zero-order valence-electron chi connectivity index (χ0n) is 8.95. The minimum absolute atomic E-state index is 0.291. The number of rotatable bonds is 1. The van der Waals surface area contributed by atoms with Crippen molar-refractivity contribution in [3.63, 3.8) is 0 Å². The molecule has 0 aromatic carbocycles. The molecule has 0 spiro atoms. The molecule has 14 heavy (non-hydrogen) atoms. The van der Waals surface area contributed by atoms with Crippen molar-refractivity contribution in [2.75, 3.05) is 0 Å². The van der Waals surface area contributed by atoms with Crippen LogP contribution in [0.2, 0.25) is 0 Å². The predicted octanol–water partition coefficient (Wildman–Crippen LogP) is 4.55. The zero-order valence-corrected chi connectivity index (χ0v) is 8.95. The molecule has 3 heteroatoms. The van der Waals surface area contributed by atoms with Gasteiger partial charge in [0.15, 0.2) is 0 Å². The van der Waals surface area contributed by atoms with Crippen molar-refractivity contribution in [2.45, 2.75) is 58.5 Å². The first-order valence-electron chi connectivity index (χ1n) is 5.47. The number of alkyl halides is 3. The highest BCUT2D eigenvalue weighted by Crippen LogP contribution is 2.52. The van der Waals surface area contributed by atoms with E-state index in [1.165, 1.54) is 0 Å². The Morgan fingerprint density at radius 2 is 1.36 bits per heavy atom. The third-order valence-corrected chi connectivity index (χ3v) is 3.67. The maximum Gasteiger partial charge on any atom is 0.394 e. The molecule has 0 radical (unpaired) electrons. The predicted molar refractivity (Wildman–Crippen MR) is 51.0 cm³/mol. The van der Waals surface area contributed by atoms with E-state index in [1.54, 1.807) is 13.8 Å². The SMILES string of the molecule is CC(C)C1(C(F)(F)F)CCCCCC1. The lowest BCUT2D eigenvalue weighted by molar-refractivity contribution is -0.244. The highest BCUT2D eigenvalue weighted by atomic mass is 19.4. The molecule has 1 rings (SSSR count). The summed E-state index contributed by atoms with van der Waals surface area (Å²) >= 11 is 0. The lowest BCUT2D eigenvalue weighted by atomic mass is 9.71. The highest BCUT2D eigenvalue weighted by molar-refractivity contribution is 4.90. The van der Waals surface area contributed by atoms with Gasteiger partial charge in [0.1, 0.15) is 0 Å². The van der Waals surface area contributed by atoms with Gasteiger partial charge in [-0.2, -0.15) is 13.2 Å². The summed E-state index contributed by atoms with van der Waals surface area (Å²) < 4.78 is 39.1. The van der Waals surface area contributed by atoms with Crippen LogP contribution in [-0.2, 0) is 0 Å². The Balaban J connectivity index is 2.89. The molecule has 0 bridgehead atoms. The summed E-state index contributed by atoms with van der Waals surface area (Å²) in [6.07, 6.45) is 0.0261. The fraction of sp³-hybridized carbons (Fsp3) is 1.00. The van der Waals surface area contributed by atoms with E-state index in [2.05, 4.69) is 0 Å². The van der Waals surface area contributed by atoms with Crippen LogP contribution >= 0.6 is 0 Å². The van der Waals surface area contributed by atoms with Gasteiger partial charge in [0.25, 0.3) is 0 Å². The Kier molecular flexibility index (Phi) is 3.49. The van der Waals surface area contributed by atoms with Crippen LogP contribution < -0.4 is 0 Å². The molecule has 0 atom stereocenters. The average molecular weight is 208 g/mol. The highest BCUT2D eigenvalue weighted by Gasteiger charge is 2.55. The molecule has 0 nitrogen and oxygen atoms in total. The topological polar surface area (TPSA) is 0 Å². The van der Waals surface area contributed by atoms with Gasteiger partial charge in [0.2, 0.25) is 0 Å². The summed E-state index contributed by atoms with van der Waals surface area (Å²) in [7, 11) is 0. The molecule has 1 aliphatic carbocycles. The largest absolute Gasteiger partial charge is 0.394 e. The van der Waals surface area contributed by atoms with E-state index in [1.807, 2.05) is 0 Å². The molecule has 0 amide bonds. The van der Waals surface area contributed by atoms with Crippen LogP contribution in [0.5, 0.6) is 0 Å². The number of hydrogen-bond donors (Lipinski definition) is 0. The second-order valence-corrected chi connectivity index (χ2v) is 4.72. The third-order valence-electron chi connectivity index (χ3n) is 3.67. The Bertz CT molecular complexity index is 173. The molecule has 0 aromatic rings. The van der Waals surface area contributed by atoms with E-state index in [4.69, 9.17) is 0 Å². The first-order chi connectivity index (χ1) is 6.40. The summed E-state index contributed by atoms with van der Waals surface area (Å²) in [5.74, 6) is -0.291. The fourth-order valence-corrected chi connectivity index (χ4v) is 2.55. The third kappa shape index (κ3) is 2.06.